The fourth-order valence-corrected chi connectivity index (χ4v) is 4.04. The highest BCUT2D eigenvalue weighted by molar-refractivity contribution is 6.01. The van der Waals surface area contributed by atoms with Crippen molar-refractivity contribution >= 4 is 35.2 Å². The number of likely N-dealkylation sites (tertiary alicyclic amines) is 1. The van der Waals surface area contributed by atoms with Crippen LogP contribution in [0.2, 0.25) is 0 Å². The van der Waals surface area contributed by atoms with Gasteiger partial charge in [-0.05, 0) is 31.2 Å². The van der Waals surface area contributed by atoms with Crippen molar-refractivity contribution in [1.82, 2.24) is 14.9 Å². The van der Waals surface area contributed by atoms with Crippen LogP contribution in [0.1, 0.15) is 19.0 Å². The number of imidazole rings is 1. The summed E-state index contributed by atoms with van der Waals surface area (Å²) in [5, 5.41) is 2.58. The van der Waals surface area contributed by atoms with Crippen LogP contribution >= 0.6 is 0 Å². The Labute approximate surface area is 195 Å². The van der Waals surface area contributed by atoms with E-state index in [1.54, 1.807) is 18.3 Å². The molecule has 2 aliphatic rings. The fourth-order valence-electron chi connectivity index (χ4n) is 4.04. The summed E-state index contributed by atoms with van der Waals surface area (Å²) >= 11 is 0. The van der Waals surface area contributed by atoms with Crippen LogP contribution in [-0.2, 0) is 23.9 Å². The van der Waals surface area contributed by atoms with E-state index >= 15 is 0 Å². The SMILES string of the molecule is CCO[C@@H]1C[C@H](C(=O)Nc2ccc(N3CCOCC3=O)cc2F)N(C(=O)/C=C/c2c[nH]cn2)C1. The second kappa shape index (κ2) is 10.6. The minimum absolute atomic E-state index is 0.0335. The molecule has 4 rings (SSSR count). The fraction of sp³-hybridized carbons (Fsp3) is 0.391. The van der Waals surface area contributed by atoms with Crippen LogP contribution in [0.4, 0.5) is 15.8 Å². The Kier molecular flexibility index (Phi) is 7.33. The second-order valence-electron chi connectivity index (χ2n) is 7.90. The van der Waals surface area contributed by atoms with Gasteiger partial charge in [0, 0.05) is 44.1 Å². The van der Waals surface area contributed by atoms with E-state index in [0.717, 1.165) is 0 Å². The molecule has 2 atom stereocenters. The van der Waals surface area contributed by atoms with Gasteiger partial charge in [0.25, 0.3) is 5.91 Å². The zero-order valence-corrected chi connectivity index (χ0v) is 18.7. The van der Waals surface area contributed by atoms with E-state index < -0.39 is 17.8 Å². The first-order valence-corrected chi connectivity index (χ1v) is 11.0. The molecule has 0 saturated carbocycles. The number of aromatic amines is 1. The summed E-state index contributed by atoms with van der Waals surface area (Å²) < 4.78 is 25.5. The maximum Gasteiger partial charge on any atom is 0.253 e. The molecule has 2 N–H and O–H groups in total. The summed E-state index contributed by atoms with van der Waals surface area (Å²) in [6.45, 7) is 3.17. The van der Waals surface area contributed by atoms with E-state index in [4.69, 9.17) is 9.47 Å². The standard InChI is InChI=1S/C23H26FN5O5/c1-2-34-17-10-20(29(12-17)21(30)6-3-15-11-25-14-26-15)23(32)27-19-5-4-16(9-18(19)24)28-7-8-33-13-22(28)31/h3-6,9,11,14,17,20H,2,7-8,10,12-13H2,1H3,(H,25,26)(H,27,32)/b6-3+/t17-,20-/m1/s1. The molecule has 180 valence electrons. The van der Waals surface area contributed by atoms with E-state index in [1.165, 1.54) is 34.3 Å². The van der Waals surface area contributed by atoms with Crippen molar-refractivity contribution < 1.29 is 28.2 Å². The van der Waals surface area contributed by atoms with Crippen molar-refractivity contribution in [2.75, 3.05) is 43.1 Å². The summed E-state index contributed by atoms with van der Waals surface area (Å²) in [6.07, 6.45) is 6.02. The number of halogens is 1. The first kappa shape index (κ1) is 23.6. The molecule has 0 aliphatic carbocycles. The molecule has 2 fully saturated rings. The molecule has 0 unspecified atom stereocenters. The third-order valence-corrected chi connectivity index (χ3v) is 5.67. The van der Waals surface area contributed by atoms with Gasteiger partial charge < -0.3 is 29.6 Å². The highest BCUT2D eigenvalue weighted by Gasteiger charge is 2.39. The largest absolute Gasteiger partial charge is 0.377 e. The molecule has 3 amide bonds. The minimum atomic E-state index is -0.826. The van der Waals surface area contributed by atoms with E-state index in [0.29, 0.717) is 37.6 Å². The number of morpholine rings is 1. The van der Waals surface area contributed by atoms with E-state index in [2.05, 4.69) is 15.3 Å². The van der Waals surface area contributed by atoms with E-state index in [9.17, 15) is 18.8 Å². The van der Waals surface area contributed by atoms with Crippen molar-refractivity contribution in [3.63, 3.8) is 0 Å². The van der Waals surface area contributed by atoms with Crippen LogP contribution < -0.4 is 10.2 Å². The molecule has 2 aliphatic heterocycles. The second-order valence-corrected chi connectivity index (χ2v) is 7.90. The molecule has 0 bridgehead atoms. The zero-order valence-electron chi connectivity index (χ0n) is 18.7. The molecule has 2 aromatic rings. The molecule has 1 aromatic carbocycles. The number of benzene rings is 1. The highest BCUT2D eigenvalue weighted by Crippen LogP contribution is 2.26. The van der Waals surface area contributed by atoms with E-state index in [1.807, 2.05) is 6.92 Å². The number of hydrogen-bond acceptors (Lipinski definition) is 6. The van der Waals surface area contributed by atoms with Gasteiger partial charge in [-0.15, -0.1) is 0 Å². The zero-order chi connectivity index (χ0) is 24.1. The maximum atomic E-state index is 14.8. The van der Waals surface area contributed by atoms with Gasteiger partial charge in [0.15, 0.2) is 0 Å². The Hall–Kier alpha value is -3.57. The Morgan fingerprint density at radius 2 is 2.26 bits per heavy atom. The van der Waals surface area contributed by atoms with Crippen molar-refractivity contribution in [1.29, 1.82) is 0 Å². The summed E-state index contributed by atoms with van der Waals surface area (Å²) in [5.74, 6) is -1.82. The minimum Gasteiger partial charge on any atom is -0.377 e. The first-order chi connectivity index (χ1) is 16.5. The van der Waals surface area contributed by atoms with Gasteiger partial charge >= 0.3 is 0 Å². The van der Waals surface area contributed by atoms with Crippen LogP contribution in [-0.4, -0.2) is 77.6 Å². The first-order valence-electron chi connectivity index (χ1n) is 11.0. The summed E-state index contributed by atoms with van der Waals surface area (Å²) in [5.41, 5.74) is 0.936. The number of rotatable bonds is 7. The summed E-state index contributed by atoms with van der Waals surface area (Å²) in [7, 11) is 0. The Bertz CT molecular complexity index is 1070. The predicted octanol–water partition coefficient (Wildman–Crippen LogP) is 1.57. The molecular formula is C23H26FN5O5. The lowest BCUT2D eigenvalue weighted by atomic mass is 10.1. The molecule has 0 radical (unpaired) electrons. The van der Waals surface area contributed by atoms with Crippen LogP contribution in [0.25, 0.3) is 6.08 Å². The van der Waals surface area contributed by atoms with Crippen molar-refractivity contribution in [2.45, 2.75) is 25.5 Å². The number of anilines is 2. The molecule has 2 saturated heterocycles. The lowest BCUT2D eigenvalue weighted by molar-refractivity contribution is -0.132. The van der Waals surface area contributed by atoms with Gasteiger partial charge in [-0.25, -0.2) is 9.37 Å². The molecular weight excluding hydrogens is 445 g/mol. The van der Waals surface area contributed by atoms with Crippen LogP contribution in [0.5, 0.6) is 0 Å². The monoisotopic (exact) mass is 471 g/mol. The van der Waals surface area contributed by atoms with Crippen molar-refractivity contribution in [2.24, 2.45) is 0 Å². The Morgan fingerprint density at radius 1 is 1.41 bits per heavy atom. The molecule has 1 aromatic heterocycles. The van der Waals surface area contributed by atoms with E-state index in [-0.39, 0.29) is 36.8 Å². The van der Waals surface area contributed by atoms with Gasteiger partial charge in [0.1, 0.15) is 18.5 Å². The number of carbonyl (C=O) groups is 3. The topological polar surface area (TPSA) is 117 Å². The molecule has 0 spiro atoms. The maximum absolute atomic E-state index is 14.8. The van der Waals surface area contributed by atoms with Crippen molar-refractivity contribution in [3.8, 4) is 0 Å². The third-order valence-electron chi connectivity index (χ3n) is 5.67. The van der Waals surface area contributed by atoms with Gasteiger partial charge in [-0.3, -0.25) is 14.4 Å². The van der Waals surface area contributed by atoms with Crippen LogP contribution in [0, 0.1) is 5.82 Å². The number of nitrogens with one attached hydrogen (secondary N) is 2. The van der Waals surface area contributed by atoms with Gasteiger partial charge in [0.2, 0.25) is 11.8 Å². The lowest BCUT2D eigenvalue weighted by Crippen LogP contribution is -2.42. The summed E-state index contributed by atoms with van der Waals surface area (Å²) in [6, 6.07) is 3.35. The number of aromatic nitrogens is 2. The van der Waals surface area contributed by atoms with Crippen molar-refractivity contribution in [3.05, 3.63) is 48.3 Å². The predicted molar refractivity (Wildman–Crippen MR) is 121 cm³/mol. The lowest BCUT2D eigenvalue weighted by Gasteiger charge is -2.27. The van der Waals surface area contributed by atoms with Crippen LogP contribution in [0.3, 0.4) is 0 Å². The molecule has 34 heavy (non-hydrogen) atoms. The third kappa shape index (κ3) is 5.32. The van der Waals surface area contributed by atoms with Gasteiger partial charge in [-0.2, -0.15) is 0 Å². The quantitative estimate of drug-likeness (QED) is 0.592. The number of H-pyrrole nitrogens is 1. The summed E-state index contributed by atoms with van der Waals surface area (Å²) in [4.78, 5) is 47.6. The number of amides is 3. The normalized spacial score (nSPS) is 20.8. The Morgan fingerprint density at radius 3 is 2.97 bits per heavy atom. The van der Waals surface area contributed by atoms with Gasteiger partial charge in [0.05, 0.1) is 30.4 Å². The van der Waals surface area contributed by atoms with Gasteiger partial charge in [-0.1, -0.05) is 0 Å². The number of carbonyl (C=O) groups excluding carboxylic acids is 3. The molecule has 3 heterocycles. The smallest absolute Gasteiger partial charge is 0.253 e. The van der Waals surface area contributed by atoms with Crippen LogP contribution in [0.15, 0.2) is 36.8 Å². The number of ether oxygens (including phenoxy) is 2. The number of nitrogens with zero attached hydrogens (tertiary/aromatic N) is 3. The Balaban J connectivity index is 1.47. The highest BCUT2D eigenvalue weighted by atomic mass is 19.1. The number of hydrogen-bond donors (Lipinski definition) is 2. The molecule has 10 nitrogen and oxygen atoms in total. The average Bonchev–Trinajstić information content (AvgIpc) is 3.50. The molecule has 11 heteroatoms. The average molecular weight is 471 g/mol.